The van der Waals surface area contributed by atoms with Gasteiger partial charge in [0.05, 0.1) is 6.20 Å². The van der Waals surface area contributed by atoms with Gasteiger partial charge in [-0.2, -0.15) is 49.4 Å². The minimum Gasteiger partial charge on any atom is -0.168 e. The minimum absolute atomic E-state index is 0.218. The third kappa shape index (κ3) is 3.04. The maximum absolute atomic E-state index is 12.1. The molecule has 0 aromatic carbocycles. The Morgan fingerprint density at radius 2 is 1.33 bits per heavy atom. The highest BCUT2D eigenvalue weighted by Gasteiger charge is 2.60. The summed E-state index contributed by atoms with van der Waals surface area (Å²) in [5.41, 5.74) is -1.94. The van der Waals surface area contributed by atoms with Crippen molar-refractivity contribution in [1.82, 2.24) is 15.0 Å². The van der Waals surface area contributed by atoms with Crippen LogP contribution in [0.3, 0.4) is 0 Å². The Morgan fingerprint density at radius 3 is 1.61 bits per heavy atom. The van der Waals surface area contributed by atoms with Gasteiger partial charge in [0, 0.05) is 0 Å². The Balaban J connectivity index is 3.21. The topological polar surface area (TPSA) is 30.7 Å². The molecule has 0 saturated heterocycles. The molecule has 0 fully saturated rings. The van der Waals surface area contributed by atoms with E-state index in [0.29, 0.717) is 0 Å². The molecule has 12 heteroatoms. The van der Waals surface area contributed by atoms with Gasteiger partial charge < -0.3 is 0 Å². The van der Waals surface area contributed by atoms with E-state index < -0.39 is 35.1 Å². The minimum atomic E-state index is -5.86. The molecule has 0 radical (unpaired) electrons. The molecule has 1 heterocycles. The van der Waals surface area contributed by atoms with Crippen molar-refractivity contribution in [3.63, 3.8) is 0 Å². The molecule has 0 spiro atoms. The summed E-state index contributed by atoms with van der Waals surface area (Å²) in [6.45, 7) is 0. The smallest absolute Gasteiger partial charge is 0.168 e. The molecule has 0 N–H and O–H groups in total. The largest absolute Gasteiger partial charge is 0.436 e. The van der Waals surface area contributed by atoms with E-state index in [1.165, 1.54) is 0 Å². The zero-order valence-electron chi connectivity index (χ0n) is 7.90. The quantitative estimate of drug-likeness (QED) is 0.743. The lowest BCUT2D eigenvalue weighted by atomic mass is 10.3. The zero-order chi connectivity index (χ0) is 14.4. The highest BCUT2D eigenvalue weighted by molar-refractivity contribution is 4.98. The molecule has 0 saturated carbocycles. The van der Waals surface area contributed by atoms with Crippen molar-refractivity contribution in [3.8, 4) is 0 Å². The van der Waals surface area contributed by atoms with Crippen molar-refractivity contribution in [2.45, 2.75) is 24.6 Å². The van der Waals surface area contributed by atoms with E-state index in [-0.39, 0.29) is 6.20 Å². The molecule has 3 nitrogen and oxygen atoms in total. The SMILES string of the molecule is FC(F)(F)c1cnn(C(C(F)(F)F)C(F)(F)F)n1. The molecule has 104 valence electrons. The third-order valence-electron chi connectivity index (χ3n) is 1.65. The Kier molecular flexibility index (Phi) is 3.25. The van der Waals surface area contributed by atoms with Crippen LogP contribution in [0.2, 0.25) is 0 Å². The third-order valence-corrected chi connectivity index (χ3v) is 1.65. The summed E-state index contributed by atoms with van der Waals surface area (Å²) >= 11 is 0. The van der Waals surface area contributed by atoms with Gasteiger partial charge in [-0.1, -0.05) is 0 Å². The van der Waals surface area contributed by atoms with Gasteiger partial charge in [0.1, 0.15) is 0 Å². The first-order chi connectivity index (χ1) is 7.83. The van der Waals surface area contributed by atoms with Crippen LogP contribution in [0, 0.1) is 0 Å². The first kappa shape index (κ1) is 14.6. The van der Waals surface area contributed by atoms with Crippen LogP contribution < -0.4 is 0 Å². The van der Waals surface area contributed by atoms with Crippen LogP contribution in [0.25, 0.3) is 0 Å². The maximum atomic E-state index is 12.1. The van der Waals surface area contributed by atoms with Crippen molar-refractivity contribution < 1.29 is 39.5 Å². The Hall–Kier alpha value is -1.49. The Labute approximate surface area is 92.2 Å². The molecule has 1 aromatic heterocycles. The summed E-state index contributed by atoms with van der Waals surface area (Å²) in [6.07, 6.45) is -17.1. The molecule has 0 aliphatic carbocycles. The fourth-order valence-electron chi connectivity index (χ4n) is 0.978. The van der Waals surface area contributed by atoms with Gasteiger partial charge in [-0.3, -0.25) is 0 Å². The first-order valence-electron chi connectivity index (χ1n) is 3.96. The molecule has 1 aromatic rings. The first-order valence-corrected chi connectivity index (χ1v) is 3.96. The van der Waals surface area contributed by atoms with Gasteiger partial charge in [0.15, 0.2) is 5.69 Å². The van der Waals surface area contributed by atoms with E-state index in [2.05, 4.69) is 10.2 Å². The number of aromatic nitrogens is 3. The second kappa shape index (κ2) is 4.02. The monoisotopic (exact) mass is 287 g/mol. The van der Waals surface area contributed by atoms with E-state index in [4.69, 9.17) is 0 Å². The summed E-state index contributed by atoms with van der Waals surface area (Å²) < 4.78 is 109. The fourth-order valence-corrected chi connectivity index (χ4v) is 0.978. The van der Waals surface area contributed by atoms with E-state index in [1.54, 1.807) is 0 Å². The number of rotatable bonds is 1. The number of nitrogens with zero attached hydrogens (tertiary/aromatic N) is 3. The predicted molar refractivity (Wildman–Crippen MR) is 36.2 cm³/mol. The van der Waals surface area contributed by atoms with Crippen LogP contribution in [-0.2, 0) is 6.18 Å². The van der Waals surface area contributed by atoms with Crippen LogP contribution in [-0.4, -0.2) is 27.3 Å². The number of hydrogen-bond acceptors (Lipinski definition) is 2. The van der Waals surface area contributed by atoms with Gasteiger partial charge in [-0.05, 0) is 0 Å². The molecule has 1 rings (SSSR count). The van der Waals surface area contributed by atoms with E-state index in [9.17, 15) is 39.5 Å². The van der Waals surface area contributed by atoms with Crippen molar-refractivity contribution in [3.05, 3.63) is 11.9 Å². The number of halogens is 9. The molecule has 0 bridgehead atoms. The molecular weight excluding hydrogens is 285 g/mol. The van der Waals surface area contributed by atoms with Gasteiger partial charge in [0.2, 0.25) is 0 Å². The predicted octanol–water partition coefficient (Wildman–Crippen LogP) is 2.96. The molecule has 18 heavy (non-hydrogen) atoms. The number of alkyl halides is 9. The van der Waals surface area contributed by atoms with Crippen molar-refractivity contribution in [1.29, 1.82) is 0 Å². The normalized spacial score (nSPS) is 14.3. The lowest BCUT2D eigenvalue weighted by Crippen LogP contribution is -2.40. The second-order valence-electron chi connectivity index (χ2n) is 3.03. The van der Waals surface area contributed by atoms with Crippen LogP contribution >= 0.6 is 0 Å². The Morgan fingerprint density at radius 1 is 0.889 bits per heavy atom. The van der Waals surface area contributed by atoms with Gasteiger partial charge in [-0.25, -0.2) is 0 Å². The standard InChI is InChI=1S/C6H2F9N3/c7-4(8,9)2-1-16-18(17-2)3(5(10,11)12)6(13,14)15/h1,3H. The summed E-state index contributed by atoms with van der Waals surface area (Å²) in [6, 6.07) is -4.22. The molecule has 0 aliphatic rings. The maximum Gasteiger partial charge on any atom is 0.436 e. The molecule has 0 aliphatic heterocycles. The van der Waals surface area contributed by atoms with Gasteiger partial charge in [0.25, 0.3) is 6.04 Å². The highest BCUT2D eigenvalue weighted by Crippen LogP contribution is 2.42. The second-order valence-corrected chi connectivity index (χ2v) is 3.03. The summed E-state index contributed by atoms with van der Waals surface area (Å²) in [4.78, 5) is -1.05. The van der Waals surface area contributed by atoms with Crippen molar-refractivity contribution in [2.24, 2.45) is 0 Å². The lowest BCUT2D eigenvalue weighted by molar-refractivity contribution is -0.280. The van der Waals surface area contributed by atoms with Crippen LogP contribution in [0.5, 0.6) is 0 Å². The summed E-state index contributed by atoms with van der Waals surface area (Å²) in [5.74, 6) is 0. The molecule has 0 atom stereocenters. The molecule has 0 unspecified atom stereocenters. The molecular formula is C6H2F9N3. The zero-order valence-corrected chi connectivity index (χ0v) is 7.90. The van der Waals surface area contributed by atoms with Crippen molar-refractivity contribution >= 4 is 0 Å². The van der Waals surface area contributed by atoms with Gasteiger partial charge >= 0.3 is 18.5 Å². The lowest BCUT2D eigenvalue weighted by Gasteiger charge is -2.21. The average Bonchev–Trinajstić information content (AvgIpc) is 2.45. The molecule has 0 amide bonds. The fraction of sp³-hybridized carbons (Fsp3) is 0.667. The van der Waals surface area contributed by atoms with Crippen LogP contribution in [0.4, 0.5) is 39.5 Å². The summed E-state index contributed by atoms with van der Waals surface area (Å²) in [7, 11) is 0. The Bertz CT molecular complexity index is 397. The van der Waals surface area contributed by atoms with Crippen LogP contribution in [0.1, 0.15) is 11.7 Å². The van der Waals surface area contributed by atoms with E-state index >= 15 is 0 Å². The van der Waals surface area contributed by atoms with E-state index in [1.807, 2.05) is 0 Å². The summed E-state index contributed by atoms with van der Waals surface area (Å²) in [5, 5.41) is 4.52. The van der Waals surface area contributed by atoms with Crippen LogP contribution in [0.15, 0.2) is 6.20 Å². The van der Waals surface area contributed by atoms with Crippen molar-refractivity contribution in [2.75, 3.05) is 0 Å². The average molecular weight is 287 g/mol. The van der Waals surface area contributed by atoms with Gasteiger partial charge in [-0.15, -0.1) is 5.10 Å². The number of hydrogen-bond donors (Lipinski definition) is 0. The van der Waals surface area contributed by atoms with E-state index in [0.717, 1.165) is 0 Å². The highest BCUT2D eigenvalue weighted by atomic mass is 19.4.